The van der Waals surface area contributed by atoms with Gasteiger partial charge < -0.3 is 37.2 Å². The Morgan fingerprint density at radius 2 is 0.962 bits per heavy atom. The van der Waals surface area contributed by atoms with Crippen LogP contribution in [0.3, 0.4) is 0 Å². The van der Waals surface area contributed by atoms with Gasteiger partial charge in [-0.15, -0.1) is 0 Å². The summed E-state index contributed by atoms with van der Waals surface area (Å²) >= 11 is 0. The van der Waals surface area contributed by atoms with Crippen LogP contribution in [0.2, 0.25) is 0 Å². The van der Waals surface area contributed by atoms with Gasteiger partial charge in [0, 0.05) is 184 Å². The number of aromatic nitrogens is 10. The number of allylic oxidation sites excluding steroid dienone is 1. The number of rotatable bonds is 26. The van der Waals surface area contributed by atoms with Gasteiger partial charge in [-0.1, -0.05) is 37.3 Å². The summed E-state index contributed by atoms with van der Waals surface area (Å²) in [6.45, 7) is 16.2. The minimum Gasteiger partial charge on any atom is -0.383 e. The first-order valence-electron chi connectivity index (χ1n) is 42.6. The van der Waals surface area contributed by atoms with Crippen LogP contribution in [0.25, 0.3) is 61.2 Å². The predicted octanol–water partition coefficient (Wildman–Crippen LogP) is 15.1. The molecule has 0 spiro atoms. The van der Waals surface area contributed by atoms with Gasteiger partial charge in [0.25, 0.3) is 21.8 Å². The van der Waals surface area contributed by atoms with Crippen molar-refractivity contribution in [2.75, 3.05) is 76.7 Å². The minimum atomic E-state index is -3.71. The van der Waals surface area contributed by atoms with Crippen LogP contribution in [0.15, 0.2) is 219 Å². The lowest BCUT2D eigenvalue weighted by Crippen LogP contribution is -2.38. The molecule has 10 aromatic heterocycles. The van der Waals surface area contributed by atoms with Gasteiger partial charge in [-0.3, -0.25) is 72.5 Å². The second-order valence-corrected chi connectivity index (χ2v) is 36.8. The summed E-state index contributed by atoms with van der Waals surface area (Å²) in [5.41, 5.74) is 29.2. The number of nitrogens with zero attached hydrogens (tertiary/aromatic N) is 13. The van der Waals surface area contributed by atoms with Gasteiger partial charge in [-0.25, -0.2) is 41.2 Å². The molecule has 2 aromatic carbocycles. The molecule has 8 N–H and O–H groups in total. The number of aryl methyl sites for hydroxylation is 2. The van der Waals surface area contributed by atoms with Crippen molar-refractivity contribution in [1.29, 1.82) is 0 Å². The Balaban J connectivity index is 0.000000148. The first-order chi connectivity index (χ1) is 62.6. The lowest BCUT2D eigenvalue weighted by atomic mass is 9.98. The Bertz CT molecular complexity index is 6530. The summed E-state index contributed by atoms with van der Waals surface area (Å²) in [4.78, 5) is 129. The molecule has 0 unspecified atom stereocenters. The lowest BCUT2D eigenvalue weighted by Gasteiger charge is -2.30. The van der Waals surface area contributed by atoms with Crippen molar-refractivity contribution in [2.45, 2.75) is 130 Å². The van der Waals surface area contributed by atoms with E-state index in [0.717, 1.165) is 120 Å². The predicted molar refractivity (Wildman–Crippen MR) is 506 cm³/mol. The Kier molecular flexibility index (Phi) is 31.8. The molecule has 3 fully saturated rings. The molecule has 16 rings (SSSR count). The fraction of sp³-hybridized carbons (Fsp3) is 0.276. The number of nitrogen functional groups attached to an aromatic ring is 2. The number of piperidine rings is 1. The molecule has 3 aliphatic carbocycles. The van der Waals surface area contributed by atoms with Crippen molar-refractivity contribution < 1.29 is 54.8 Å². The summed E-state index contributed by atoms with van der Waals surface area (Å²) in [7, 11) is -2.91. The molecule has 33 heteroatoms. The number of carbonyl (C=O) groups is 7. The number of likely N-dealkylation sites (tertiary alicyclic amines) is 1. The molecule has 12 aromatic rings. The SMILES string of the molecule is CC(=O)Cc1cc(-c2cnc(C)c(NS(=O)(=O)c3ccccc3)c2)ccn1.CC(=O)Cc1cc(-c2cnc(N)c(C(=O)N3CCC(C)CC3)c2)ccn1.CC(=O)Cc1cc(-c2cnc3c(c2)C(CN(C)C)=CC3)ccn1.CC(=O)Nc1cc(-c2cnc(C)c(N(CC3CC3)S(=O)(=O)C3CC3)c2)ccn1.CC(=O)Nc1cc(-c2cnc(N)c(C(=O)Nc3cccc(F)c3)c2)ccn1. The number of anilines is 7. The average molecular weight is 1810 g/mol. The van der Waals surface area contributed by atoms with Crippen LogP contribution in [0.4, 0.5) is 44.7 Å². The monoisotopic (exact) mass is 1810 g/mol. The van der Waals surface area contributed by atoms with Gasteiger partial charge in [0.15, 0.2) is 0 Å². The third kappa shape index (κ3) is 27.1. The Morgan fingerprint density at radius 3 is 1.47 bits per heavy atom. The van der Waals surface area contributed by atoms with E-state index in [1.165, 1.54) is 81.6 Å². The summed E-state index contributed by atoms with van der Waals surface area (Å²) in [6, 6.07) is 41.1. The van der Waals surface area contributed by atoms with Gasteiger partial charge in [-0.2, -0.15) is 0 Å². The highest BCUT2D eigenvalue weighted by atomic mass is 32.2. The van der Waals surface area contributed by atoms with Crippen LogP contribution in [0.5, 0.6) is 0 Å². The fourth-order valence-corrected chi connectivity index (χ4v) is 17.5. The summed E-state index contributed by atoms with van der Waals surface area (Å²) in [5, 5.41) is 7.59. The van der Waals surface area contributed by atoms with E-state index in [9.17, 15) is 54.8 Å². The van der Waals surface area contributed by atoms with Gasteiger partial charge in [-0.05, 0) is 254 Å². The quantitative estimate of drug-likeness (QED) is 0.0293. The largest absolute Gasteiger partial charge is 0.383 e. The summed E-state index contributed by atoms with van der Waals surface area (Å²) in [6.07, 6.45) is 26.4. The molecular formula is C98H104FN19O11S2. The number of fused-ring (bicyclic) bond motifs is 1. The number of benzene rings is 2. The van der Waals surface area contributed by atoms with Crippen LogP contribution in [-0.2, 0) is 69.7 Å². The van der Waals surface area contributed by atoms with E-state index in [1.54, 1.807) is 128 Å². The van der Waals surface area contributed by atoms with E-state index in [1.807, 2.05) is 60.5 Å². The first kappa shape index (κ1) is 95.7. The second kappa shape index (κ2) is 43.6. The maximum atomic E-state index is 13.3. The lowest BCUT2D eigenvalue weighted by molar-refractivity contribution is -0.117. The number of halogens is 1. The molecule has 30 nitrogen and oxygen atoms in total. The molecule has 131 heavy (non-hydrogen) atoms. The molecule has 11 heterocycles. The van der Waals surface area contributed by atoms with E-state index >= 15 is 0 Å². The number of likely N-dealkylation sites (N-methyl/N-ethyl adjacent to an activating group) is 1. The number of hydrogen-bond acceptors (Lipinski definition) is 24. The maximum absolute atomic E-state index is 13.3. The number of amides is 4. The van der Waals surface area contributed by atoms with Crippen molar-refractivity contribution in [2.24, 2.45) is 11.8 Å². The van der Waals surface area contributed by atoms with Crippen molar-refractivity contribution in [1.82, 2.24) is 59.6 Å². The van der Waals surface area contributed by atoms with E-state index in [4.69, 9.17) is 11.5 Å². The molecule has 1 saturated heterocycles. The zero-order valence-corrected chi connectivity index (χ0v) is 76.1. The normalized spacial score (nSPS) is 13.3. The van der Waals surface area contributed by atoms with E-state index in [-0.39, 0.29) is 75.3 Å². The highest BCUT2D eigenvalue weighted by Gasteiger charge is 2.43. The molecule has 676 valence electrons. The standard InChI is InChI=1S/C20H24N4O3S.C20H24N4O2.C20H19N3O3S.C19H16FN5O2.C19H21N3O/c1-13-19(24(12-15-3-4-15)28(26,27)18-5-6-18)9-17(11-22-13)16-7-8-21-20(10-16)23-14(2)25;1-13-4-7-24(8-5-13)20(26)18-11-16(12-23-19(18)21)15-3-6-22-17(10-15)9-14(2)25;1-14(24)10-18-11-16(8-9-21-18)17-12-20(15(2)22-13-17)23-27(25,26)19-6-4-3-5-7-19;1-11(26)24-17-8-12(5-6-22-17)13-7-16(18(21)23-10-13)19(27)25-15-4-2-3-14(20)9-15;1-13(23)8-17-9-14(6-7-20-17)16-10-18-15(12-22(2)3)4-5-19(18)21-11-16/h7-11,15,18H,3-6,12H2,1-2H3,(H,21,23,25);3,6,10-13H,4-5,7-9H2,1-2H3,(H2,21,23);3-9,11-13,23H,10H2,1-2H3;2-10H,1H3,(H2,21,23)(H,25,27)(H,22,24,26);4,6-7,9-11H,5,8,12H2,1-3H3. The Morgan fingerprint density at radius 1 is 0.489 bits per heavy atom. The smallest absolute Gasteiger partial charge is 0.261 e. The maximum Gasteiger partial charge on any atom is 0.261 e. The third-order valence-electron chi connectivity index (χ3n) is 21.4. The number of pyridine rings is 10. The zero-order chi connectivity index (χ0) is 93.8. The number of hydrogen-bond donors (Lipinski definition) is 6. The summed E-state index contributed by atoms with van der Waals surface area (Å²) in [5.74, 6) is 0.927. The fourth-order valence-electron chi connectivity index (χ4n) is 14.4. The van der Waals surface area contributed by atoms with E-state index < -0.39 is 31.8 Å². The molecule has 4 amide bonds. The van der Waals surface area contributed by atoms with Gasteiger partial charge >= 0.3 is 0 Å². The van der Waals surface area contributed by atoms with Crippen molar-refractivity contribution in [3.05, 3.63) is 270 Å². The minimum absolute atomic E-state index is 0.0259. The highest BCUT2D eigenvalue weighted by Crippen LogP contribution is 2.41. The van der Waals surface area contributed by atoms with Crippen molar-refractivity contribution in [3.63, 3.8) is 0 Å². The van der Waals surface area contributed by atoms with Gasteiger partial charge in [0.1, 0.15) is 46.4 Å². The number of Topliss-reactive ketones (excluding diaryl/α,β-unsaturated/α-hetero) is 3. The van der Waals surface area contributed by atoms with Gasteiger partial charge in [0.2, 0.25) is 21.8 Å². The molecular weight excluding hydrogens is 1700 g/mol. The van der Waals surface area contributed by atoms with Crippen molar-refractivity contribution in [3.8, 4) is 55.6 Å². The number of nitrogens with two attached hydrogens (primary N) is 2. The second-order valence-electron chi connectivity index (χ2n) is 32.9. The average Bonchev–Trinajstić information content (AvgIpc) is 1.62. The van der Waals surface area contributed by atoms with Crippen LogP contribution < -0.4 is 36.4 Å². The topological polar surface area (TPSA) is 427 Å². The number of ketones is 3. The van der Waals surface area contributed by atoms with Crippen LogP contribution in [-0.4, -0.2) is 163 Å². The molecule has 0 radical (unpaired) electrons. The molecule has 0 bridgehead atoms. The van der Waals surface area contributed by atoms with Crippen LogP contribution >= 0.6 is 0 Å². The highest BCUT2D eigenvalue weighted by molar-refractivity contribution is 7.93. The number of sulfonamides is 2. The van der Waals surface area contributed by atoms with E-state index in [0.29, 0.717) is 93.0 Å². The van der Waals surface area contributed by atoms with E-state index in [2.05, 4.69) is 109 Å². The van der Waals surface area contributed by atoms with Crippen LogP contribution in [0, 0.1) is 31.5 Å². The molecule has 1 aliphatic heterocycles. The van der Waals surface area contributed by atoms with Gasteiger partial charge in [0.05, 0.1) is 49.7 Å². The molecule has 4 aliphatic rings. The van der Waals surface area contributed by atoms with Crippen LogP contribution in [0.1, 0.15) is 141 Å². The summed E-state index contributed by atoms with van der Waals surface area (Å²) < 4.78 is 68.8. The first-order valence-corrected chi connectivity index (χ1v) is 45.6. The number of carbonyl (C=O) groups excluding carboxylic acids is 7. The zero-order valence-electron chi connectivity index (χ0n) is 74.5. The molecule has 0 atom stereocenters. The Hall–Kier alpha value is -14.4. The third-order valence-corrected chi connectivity index (χ3v) is 25.1. The Labute approximate surface area is 761 Å². The van der Waals surface area contributed by atoms with Crippen molar-refractivity contribution >= 4 is 107 Å². The number of nitrogens with one attached hydrogen (secondary N) is 4. The molecule has 2 saturated carbocycles.